The summed E-state index contributed by atoms with van der Waals surface area (Å²) in [5.74, 6) is -0.297. The molecule has 0 aliphatic carbocycles. The molecule has 6 heteroatoms. The highest BCUT2D eigenvalue weighted by Gasteiger charge is 2.10. The number of carbonyl (C=O) groups excluding carboxylic acids is 1. The maximum Gasteiger partial charge on any atom is 0.255 e. The van der Waals surface area contributed by atoms with Gasteiger partial charge in [0.25, 0.3) is 5.91 Å². The number of rotatable bonds is 7. The minimum absolute atomic E-state index is 0.0181. The quantitative estimate of drug-likeness (QED) is 0.754. The standard InChI is InChI=1S/C18H22N2O3S/c1-2-3-4-5-14-6-10-16(11-7-14)20-18(21)15-8-12-17(13-9-15)24(19,22)23/h6-13H,2-5H2,1H3,(H,20,21)(H2,19,22,23). The van der Waals surface area contributed by atoms with Gasteiger partial charge in [-0.2, -0.15) is 0 Å². The predicted molar refractivity (Wildman–Crippen MR) is 95.4 cm³/mol. The van der Waals surface area contributed by atoms with Gasteiger partial charge in [-0.3, -0.25) is 4.79 Å². The first kappa shape index (κ1) is 18.2. The van der Waals surface area contributed by atoms with E-state index in [-0.39, 0.29) is 10.8 Å². The number of nitrogens with two attached hydrogens (primary N) is 1. The monoisotopic (exact) mass is 346 g/mol. The van der Waals surface area contributed by atoms with Crippen LogP contribution in [-0.4, -0.2) is 14.3 Å². The number of nitrogens with one attached hydrogen (secondary N) is 1. The zero-order valence-corrected chi connectivity index (χ0v) is 14.5. The zero-order valence-electron chi connectivity index (χ0n) is 13.7. The van der Waals surface area contributed by atoms with Gasteiger partial charge in [0, 0.05) is 11.3 Å². The molecule has 128 valence electrons. The van der Waals surface area contributed by atoms with E-state index >= 15 is 0 Å². The molecule has 5 nitrogen and oxygen atoms in total. The van der Waals surface area contributed by atoms with Crippen molar-refractivity contribution in [2.75, 3.05) is 5.32 Å². The first-order valence-corrected chi connectivity index (χ1v) is 9.48. The average molecular weight is 346 g/mol. The van der Waals surface area contributed by atoms with Gasteiger partial charge in [-0.25, -0.2) is 13.6 Å². The average Bonchev–Trinajstić information content (AvgIpc) is 2.56. The second kappa shape index (κ2) is 8.08. The molecule has 0 aromatic heterocycles. The van der Waals surface area contributed by atoms with Crippen LogP contribution in [0.5, 0.6) is 0 Å². The second-order valence-electron chi connectivity index (χ2n) is 5.68. The lowest BCUT2D eigenvalue weighted by Crippen LogP contribution is -2.14. The third-order valence-corrected chi connectivity index (χ3v) is 4.66. The molecule has 0 radical (unpaired) electrons. The van der Waals surface area contributed by atoms with Crippen LogP contribution in [0.15, 0.2) is 53.4 Å². The SMILES string of the molecule is CCCCCc1ccc(NC(=O)c2ccc(S(N)(=O)=O)cc2)cc1. The predicted octanol–water partition coefficient (Wildman–Crippen LogP) is 3.32. The van der Waals surface area contributed by atoms with Crippen LogP contribution >= 0.6 is 0 Å². The van der Waals surface area contributed by atoms with Crippen molar-refractivity contribution in [1.29, 1.82) is 0 Å². The number of aryl methyl sites for hydroxylation is 1. The van der Waals surface area contributed by atoms with Gasteiger partial charge in [-0.05, 0) is 54.8 Å². The van der Waals surface area contributed by atoms with Crippen molar-refractivity contribution in [1.82, 2.24) is 0 Å². The molecule has 24 heavy (non-hydrogen) atoms. The lowest BCUT2D eigenvalue weighted by Gasteiger charge is -2.07. The second-order valence-corrected chi connectivity index (χ2v) is 7.24. The van der Waals surface area contributed by atoms with E-state index < -0.39 is 10.0 Å². The van der Waals surface area contributed by atoms with Gasteiger partial charge < -0.3 is 5.32 Å². The Balaban J connectivity index is 1.99. The van der Waals surface area contributed by atoms with Crippen molar-refractivity contribution in [2.45, 2.75) is 37.5 Å². The Bertz CT molecular complexity index is 782. The van der Waals surface area contributed by atoms with Gasteiger partial charge in [0.15, 0.2) is 0 Å². The molecule has 0 fully saturated rings. The summed E-state index contributed by atoms with van der Waals surface area (Å²) in [5, 5.41) is 7.83. The highest BCUT2D eigenvalue weighted by Crippen LogP contribution is 2.15. The summed E-state index contributed by atoms with van der Waals surface area (Å²) in [6.07, 6.45) is 4.61. The number of hydrogen-bond acceptors (Lipinski definition) is 3. The summed E-state index contributed by atoms with van der Waals surface area (Å²) in [6, 6.07) is 13.3. The summed E-state index contributed by atoms with van der Waals surface area (Å²) < 4.78 is 22.4. The van der Waals surface area contributed by atoms with E-state index in [0.717, 1.165) is 6.42 Å². The van der Waals surface area contributed by atoms with Crippen LogP contribution in [0.25, 0.3) is 0 Å². The highest BCUT2D eigenvalue weighted by molar-refractivity contribution is 7.89. The molecule has 0 spiro atoms. The van der Waals surface area contributed by atoms with Crippen LogP contribution in [0, 0.1) is 0 Å². The number of anilines is 1. The fourth-order valence-corrected chi connectivity index (χ4v) is 2.85. The van der Waals surface area contributed by atoms with Crippen LogP contribution in [0.4, 0.5) is 5.69 Å². The van der Waals surface area contributed by atoms with Crippen LogP contribution in [0.3, 0.4) is 0 Å². The van der Waals surface area contributed by atoms with E-state index in [1.165, 1.54) is 49.1 Å². The van der Waals surface area contributed by atoms with Gasteiger partial charge >= 0.3 is 0 Å². The van der Waals surface area contributed by atoms with E-state index in [1.807, 2.05) is 24.3 Å². The maximum absolute atomic E-state index is 12.2. The van der Waals surface area contributed by atoms with Gasteiger partial charge in [-0.1, -0.05) is 31.9 Å². The van der Waals surface area contributed by atoms with Gasteiger partial charge in [0.2, 0.25) is 10.0 Å². The smallest absolute Gasteiger partial charge is 0.255 e. The molecule has 0 atom stereocenters. The number of unbranched alkanes of at least 4 members (excludes halogenated alkanes) is 2. The lowest BCUT2D eigenvalue weighted by atomic mass is 10.1. The molecule has 2 aromatic carbocycles. The Morgan fingerprint density at radius 3 is 2.17 bits per heavy atom. The summed E-state index contributed by atoms with van der Waals surface area (Å²) >= 11 is 0. The maximum atomic E-state index is 12.2. The van der Waals surface area contributed by atoms with Crippen molar-refractivity contribution < 1.29 is 13.2 Å². The van der Waals surface area contributed by atoms with E-state index in [4.69, 9.17) is 5.14 Å². The molecule has 1 amide bonds. The van der Waals surface area contributed by atoms with Crippen LogP contribution in [-0.2, 0) is 16.4 Å². The first-order valence-electron chi connectivity index (χ1n) is 7.93. The number of primary sulfonamides is 1. The summed E-state index contributed by atoms with van der Waals surface area (Å²) in [4.78, 5) is 12.2. The van der Waals surface area contributed by atoms with E-state index in [2.05, 4.69) is 12.2 Å². The number of carbonyl (C=O) groups is 1. The normalized spacial score (nSPS) is 11.2. The third kappa shape index (κ3) is 5.18. The van der Waals surface area contributed by atoms with Gasteiger partial charge in [0.05, 0.1) is 4.90 Å². The molecule has 0 saturated heterocycles. The van der Waals surface area contributed by atoms with Crippen molar-refractivity contribution >= 4 is 21.6 Å². The largest absolute Gasteiger partial charge is 0.322 e. The molecular formula is C18H22N2O3S. The van der Waals surface area contributed by atoms with Gasteiger partial charge in [-0.15, -0.1) is 0 Å². The van der Waals surface area contributed by atoms with Crippen LogP contribution in [0.1, 0.15) is 42.1 Å². The van der Waals surface area contributed by atoms with Crippen molar-refractivity contribution in [2.24, 2.45) is 5.14 Å². The number of hydrogen-bond donors (Lipinski definition) is 2. The summed E-state index contributed by atoms with van der Waals surface area (Å²) in [7, 11) is -3.75. The molecule has 0 saturated carbocycles. The molecule has 3 N–H and O–H groups in total. The van der Waals surface area contributed by atoms with Crippen molar-refractivity contribution in [3.8, 4) is 0 Å². The number of sulfonamides is 1. The fraction of sp³-hybridized carbons (Fsp3) is 0.278. The van der Waals surface area contributed by atoms with Crippen molar-refractivity contribution in [3.05, 3.63) is 59.7 Å². The summed E-state index contributed by atoms with van der Waals surface area (Å²) in [6.45, 7) is 2.17. The zero-order chi connectivity index (χ0) is 17.6. The minimum atomic E-state index is -3.75. The Hall–Kier alpha value is -2.18. The minimum Gasteiger partial charge on any atom is -0.322 e. The van der Waals surface area contributed by atoms with Crippen LogP contribution < -0.4 is 10.5 Å². The van der Waals surface area contributed by atoms with E-state index in [0.29, 0.717) is 11.3 Å². The molecule has 0 aliphatic rings. The Morgan fingerprint density at radius 2 is 1.62 bits per heavy atom. The van der Waals surface area contributed by atoms with E-state index in [1.54, 1.807) is 0 Å². The molecular weight excluding hydrogens is 324 g/mol. The molecule has 2 rings (SSSR count). The molecule has 2 aromatic rings. The Labute approximate surface area is 142 Å². The van der Waals surface area contributed by atoms with Crippen molar-refractivity contribution in [3.63, 3.8) is 0 Å². The molecule has 0 aliphatic heterocycles. The Kier molecular flexibility index (Phi) is 6.11. The topological polar surface area (TPSA) is 89.3 Å². The van der Waals surface area contributed by atoms with Crippen LogP contribution in [0.2, 0.25) is 0 Å². The van der Waals surface area contributed by atoms with E-state index in [9.17, 15) is 13.2 Å². The first-order chi connectivity index (χ1) is 11.4. The lowest BCUT2D eigenvalue weighted by molar-refractivity contribution is 0.102. The molecule has 0 unspecified atom stereocenters. The van der Waals surface area contributed by atoms with Gasteiger partial charge in [0.1, 0.15) is 0 Å². The molecule has 0 bridgehead atoms. The number of benzene rings is 2. The fourth-order valence-electron chi connectivity index (χ4n) is 2.33. The third-order valence-electron chi connectivity index (χ3n) is 3.73. The summed E-state index contributed by atoms with van der Waals surface area (Å²) in [5.41, 5.74) is 2.32. The number of amides is 1. The highest BCUT2D eigenvalue weighted by atomic mass is 32.2. The molecule has 0 heterocycles. The Morgan fingerprint density at radius 1 is 1.00 bits per heavy atom.